The Kier molecular flexibility index (Phi) is 2.66. The molecule has 0 heterocycles. The number of hydrogen-bond donors (Lipinski definition) is 3. The van der Waals surface area contributed by atoms with Crippen molar-refractivity contribution in [2.24, 2.45) is 0 Å². The van der Waals surface area contributed by atoms with Gasteiger partial charge in [-0.2, -0.15) is 5.82 Å². The molecule has 1 N–H and O–H groups in total. The van der Waals surface area contributed by atoms with Crippen LogP contribution in [0.1, 0.15) is 0 Å². The SMILES string of the molecule is BC#CC(O)(S)S. The molecule has 0 saturated carbocycles. The van der Waals surface area contributed by atoms with Gasteiger partial charge in [0.1, 0.15) is 0 Å². The maximum Gasteiger partial charge on any atom is 0.214 e. The smallest absolute Gasteiger partial charge is 0.214 e. The predicted molar refractivity (Wildman–Crippen MR) is 39.2 cm³/mol. The van der Waals surface area contributed by atoms with Crippen molar-refractivity contribution < 1.29 is 5.11 Å². The molecule has 0 radical (unpaired) electrons. The Hall–Kier alpha value is 0.285. The monoisotopic (exact) mass is 132 g/mol. The summed E-state index contributed by atoms with van der Waals surface area (Å²) in [7, 11) is 1.61. The fourth-order valence-electron chi connectivity index (χ4n) is 0.168. The zero-order valence-electron chi connectivity index (χ0n) is 3.84. The Morgan fingerprint density at radius 1 is 1.57 bits per heavy atom. The molecule has 0 aliphatic rings. The molecule has 0 aliphatic carbocycles. The van der Waals surface area contributed by atoms with Crippen LogP contribution in [0.2, 0.25) is 0 Å². The Morgan fingerprint density at radius 3 is 2.00 bits per heavy atom. The largest absolute Gasteiger partial charge is 0.361 e. The molecule has 1 nitrogen and oxygen atoms in total. The van der Waals surface area contributed by atoms with E-state index in [9.17, 15) is 0 Å². The highest BCUT2D eigenvalue weighted by Crippen LogP contribution is 2.11. The van der Waals surface area contributed by atoms with Gasteiger partial charge in [0, 0.05) is 0 Å². The first kappa shape index (κ1) is 7.28. The maximum absolute atomic E-state index is 8.57. The van der Waals surface area contributed by atoms with Gasteiger partial charge in [-0.1, -0.05) is 5.92 Å². The van der Waals surface area contributed by atoms with Crippen LogP contribution in [-0.4, -0.2) is 17.2 Å². The van der Waals surface area contributed by atoms with Gasteiger partial charge in [-0.05, 0) is 0 Å². The molecular weight excluding hydrogens is 127 g/mol. The quantitative estimate of drug-likeness (QED) is 0.168. The minimum Gasteiger partial charge on any atom is -0.361 e. The second-order valence-electron chi connectivity index (χ2n) is 1.01. The van der Waals surface area contributed by atoms with E-state index in [1.165, 1.54) is 0 Å². The lowest BCUT2D eigenvalue weighted by Crippen LogP contribution is -2.06. The summed E-state index contributed by atoms with van der Waals surface area (Å²) in [5.41, 5.74) is 0. The van der Waals surface area contributed by atoms with E-state index in [2.05, 4.69) is 37.0 Å². The summed E-state index contributed by atoms with van der Waals surface area (Å²) >= 11 is 7.16. The molecule has 0 aromatic carbocycles. The highest BCUT2D eigenvalue weighted by molar-refractivity contribution is 8.00. The molecular formula is C3H5BOS2. The minimum absolute atomic E-state index is 1.42. The minimum atomic E-state index is -1.42. The number of rotatable bonds is 0. The van der Waals surface area contributed by atoms with Crippen LogP contribution in [0.3, 0.4) is 0 Å². The van der Waals surface area contributed by atoms with Crippen LogP contribution in [-0.2, 0) is 0 Å². The van der Waals surface area contributed by atoms with Crippen LogP contribution >= 0.6 is 25.3 Å². The lowest BCUT2D eigenvalue weighted by Gasteiger charge is -2.02. The first-order chi connectivity index (χ1) is 3.06. The summed E-state index contributed by atoms with van der Waals surface area (Å²) in [6.45, 7) is 0. The first-order valence-corrected chi connectivity index (χ1v) is 2.57. The van der Waals surface area contributed by atoms with Gasteiger partial charge < -0.3 is 5.11 Å². The van der Waals surface area contributed by atoms with Gasteiger partial charge >= 0.3 is 0 Å². The number of hydrogen-bond acceptors (Lipinski definition) is 3. The molecule has 0 spiro atoms. The average molecular weight is 132 g/mol. The second-order valence-corrected chi connectivity index (χ2v) is 2.66. The zero-order valence-corrected chi connectivity index (χ0v) is 5.63. The highest BCUT2D eigenvalue weighted by atomic mass is 32.2. The van der Waals surface area contributed by atoms with Gasteiger partial charge in [0.05, 0.1) is 0 Å². The summed E-state index contributed by atoms with van der Waals surface area (Å²) in [4.78, 5) is 0. The van der Waals surface area contributed by atoms with Crippen LogP contribution < -0.4 is 0 Å². The fraction of sp³-hybridized carbons (Fsp3) is 0.333. The van der Waals surface area contributed by atoms with E-state index in [0.29, 0.717) is 0 Å². The van der Waals surface area contributed by atoms with Crippen LogP contribution in [0.15, 0.2) is 0 Å². The number of thiol groups is 2. The van der Waals surface area contributed by atoms with Crippen molar-refractivity contribution in [3.63, 3.8) is 0 Å². The molecule has 0 aromatic rings. The van der Waals surface area contributed by atoms with E-state index in [1.807, 2.05) is 0 Å². The van der Waals surface area contributed by atoms with Gasteiger partial charge in [0.2, 0.25) is 4.27 Å². The van der Waals surface area contributed by atoms with E-state index >= 15 is 0 Å². The zero-order chi connectivity index (χ0) is 5.91. The summed E-state index contributed by atoms with van der Waals surface area (Å²) in [6.07, 6.45) is 0. The molecule has 4 heteroatoms. The third kappa shape index (κ3) is 6.28. The lowest BCUT2D eigenvalue weighted by atomic mass is 10.2. The molecule has 0 aliphatic heterocycles. The van der Waals surface area contributed by atoms with Crippen LogP contribution in [0.25, 0.3) is 0 Å². The van der Waals surface area contributed by atoms with Gasteiger partial charge in [-0.25, -0.2) is 0 Å². The molecule has 0 unspecified atom stereocenters. The topological polar surface area (TPSA) is 20.2 Å². The summed E-state index contributed by atoms with van der Waals surface area (Å²) in [6, 6.07) is 0. The summed E-state index contributed by atoms with van der Waals surface area (Å²) in [5.74, 6) is 4.77. The summed E-state index contributed by atoms with van der Waals surface area (Å²) < 4.78 is -1.42. The predicted octanol–water partition coefficient (Wildman–Crippen LogP) is -0.914. The molecule has 38 valence electrons. The molecule has 0 atom stereocenters. The van der Waals surface area contributed by atoms with E-state index in [-0.39, 0.29) is 0 Å². The van der Waals surface area contributed by atoms with E-state index in [1.54, 1.807) is 7.85 Å². The van der Waals surface area contributed by atoms with E-state index in [4.69, 9.17) is 5.11 Å². The lowest BCUT2D eigenvalue weighted by molar-refractivity contribution is 0.292. The average Bonchev–Trinajstić information content (AvgIpc) is 1.30. The number of aliphatic hydroxyl groups is 1. The second kappa shape index (κ2) is 2.56. The maximum atomic E-state index is 8.57. The van der Waals surface area contributed by atoms with Gasteiger partial charge in [0.15, 0.2) is 7.85 Å². The molecule has 0 saturated heterocycles. The molecule has 0 amide bonds. The Morgan fingerprint density at radius 2 is 2.00 bits per heavy atom. The van der Waals surface area contributed by atoms with Crippen molar-refractivity contribution in [2.75, 3.05) is 0 Å². The highest BCUT2D eigenvalue weighted by Gasteiger charge is 2.06. The van der Waals surface area contributed by atoms with Crippen molar-refractivity contribution in [3.8, 4) is 11.7 Å². The standard InChI is InChI=1S/C3H5BOS2/c4-2-1-3(5,6)7/h5-7H,4H2. The summed E-state index contributed by atoms with van der Waals surface area (Å²) in [5, 5.41) is 8.57. The third-order valence-corrected chi connectivity index (χ3v) is 0.516. The van der Waals surface area contributed by atoms with Gasteiger partial charge in [-0.3, -0.25) is 0 Å². The van der Waals surface area contributed by atoms with E-state index in [0.717, 1.165) is 0 Å². The molecule has 0 aromatic heterocycles. The van der Waals surface area contributed by atoms with Crippen molar-refractivity contribution in [1.29, 1.82) is 0 Å². The van der Waals surface area contributed by atoms with Crippen molar-refractivity contribution in [3.05, 3.63) is 0 Å². The third-order valence-electron chi connectivity index (χ3n) is 0.293. The van der Waals surface area contributed by atoms with E-state index < -0.39 is 4.27 Å². The van der Waals surface area contributed by atoms with Gasteiger partial charge in [0.25, 0.3) is 0 Å². The molecule has 7 heavy (non-hydrogen) atoms. The van der Waals surface area contributed by atoms with Crippen LogP contribution in [0.5, 0.6) is 0 Å². The fourth-order valence-corrected chi connectivity index (χ4v) is 0.391. The van der Waals surface area contributed by atoms with Gasteiger partial charge in [-0.15, -0.1) is 25.3 Å². The molecule has 0 bridgehead atoms. The normalized spacial score (nSPS) is 9.57. The Balaban J connectivity index is 3.72. The Bertz CT molecular complexity index is 106. The first-order valence-electron chi connectivity index (χ1n) is 1.67. The molecule has 0 rings (SSSR count). The van der Waals surface area contributed by atoms with Crippen LogP contribution in [0, 0.1) is 11.7 Å². The van der Waals surface area contributed by atoms with Crippen molar-refractivity contribution in [2.45, 2.75) is 4.27 Å². The van der Waals surface area contributed by atoms with Crippen molar-refractivity contribution in [1.82, 2.24) is 0 Å². The van der Waals surface area contributed by atoms with Crippen LogP contribution in [0.4, 0.5) is 0 Å². The van der Waals surface area contributed by atoms with Crippen molar-refractivity contribution >= 4 is 33.1 Å². The Labute approximate surface area is 54.7 Å². The molecule has 0 fully saturated rings.